The first-order chi connectivity index (χ1) is 9.16. The SMILES string of the molecule is Fc1cc(NCC#Cc2ccccc2)c(F)cc1Br. The summed E-state index contributed by atoms with van der Waals surface area (Å²) in [4.78, 5) is 0. The second-order valence-corrected chi connectivity index (χ2v) is 4.62. The van der Waals surface area contributed by atoms with Crippen molar-refractivity contribution < 1.29 is 8.78 Å². The van der Waals surface area contributed by atoms with Gasteiger partial charge in [-0.15, -0.1) is 0 Å². The van der Waals surface area contributed by atoms with Crippen molar-refractivity contribution in [3.05, 3.63) is 64.1 Å². The van der Waals surface area contributed by atoms with Gasteiger partial charge in [0.25, 0.3) is 0 Å². The fourth-order valence-corrected chi connectivity index (χ4v) is 1.78. The zero-order valence-corrected chi connectivity index (χ0v) is 11.5. The zero-order valence-electron chi connectivity index (χ0n) is 9.88. The van der Waals surface area contributed by atoms with Crippen LogP contribution >= 0.6 is 15.9 Å². The summed E-state index contributed by atoms with van der Waals surface area (Å²) in [5.41, 5.74) is 0.981. The van der Waals surface area contributed by atoms with Crippen LogP contribution in [0.3, 0.4) is 0 Å². The van der Waals surface area contributed by atoms with E-state index in [-0.39, 0.29) is 16.7 Å². The van der Waals surface area contributed by atoms with E-state index in [0.29, 0.717) is 0 Å². The summed E-state index contributed by atoms with van der Waals surface area (Å²) >= 11 is 2.92. The number of anilines is 1. The van der Waals surface area contributed by atoms with Gasteiger partial charge in [0, 0.05) is 11.6 Å². The molecule has 0 saturated carbocycles. The average Bonchev–Trinajstić information content (AvgIpc) is 2.41. The maximum Gasteiger partial charge on any atom is 0.147 e. The van der Waals surface area contributed by atoms with Crippen LogP contribution in [0.5, 0.6) is 0 Å². The standard InChI is InChI=1S/C15H10BrF2N/c16-12-9-14(18)15(10-13(12)17)19-8-4-7-11-5-2-1-3-6-11/h1-3,5-6,9-10,19H,8H2. The molecule has 2 aromatic carbocycles. The Balaban J connectivity index is 2.01. The lowest BCUT2D eigenvalue weighted by molar-refractivity contribution is 0.597. The highest BCUT2D eigenvalue weighted by Gasteiger charge is 2.06. The Kier molecular flexibility index (Phi) is 4.53. The minimum absolute atomic E-state index is 0.100. The van der Waals surface area contributed by atoms with Crippen LogP contribution in [0.25, 0.3) is 0 Å². The molecule has 0 atom stereocenters. The van der Waals surface area contributed by atoms with E-state index in [9.17, 15) is 8.78 Å². The van der Waals surface area contributed by atoms with Crippen molar-refractivity contribution >= 4 is 21.6 Å². The lowest BCUT2D eigenvalue weighted by atomic mass is 10.2. The first-order valence-corrected chi connectivity index (χ1v) is 6.38. The van der Waals surface area contributed by atoms with Crippen LogP contribution in [0.15, 0.2) is 46.9 Å². The van der Waals surface area contributed by atoms with Gasteiger partial charge in [0.2, 0.25) is 0 Å². The summed E-state index contributed by atoms with van der Waals surface area (Å²) in [6.45, 7) is 0.243. The Morgan fingerprint density at radius 2 is 1.79 bits per heavy atom. The quantitative estimate of drug-likeness (QED) is 0.646. The second-order valence-electron chi connectivity index (χ2n) is 3.77. The lowest BCUT2D eigenvalue weighted by Gasteiger charge is -2.05. The first-order valence-electron chi connectivity index (χ1n) is 5.59. The number of hydrogen-bond acceptors (Lipinski definition) is 1. The van der Waals surface area contributed by atoms with Crippen LogP contribution in [0.4, 0.5) is 14.5 Å². The van der Waals surface area contributed by atoms with Gasteiger partial charge in [-0.25, -0.2) is 8.78 Å². The first kappa shape index (κ1) is 13.6. The predicted molar refractivity (Wildman–Crippen MR) is 75.9 cm³/mol. The van der Waals surface area contributed by atoms with Gasteiger partial charge < -0.3 is 5.32 Å². The highest BCUT2D eigenvalue weighted by molar-refractivity contribution is 9.10. The van der Waals surface area contributed by atoms with E-state index in [4.69, 9.17) is 0 Å². The van der Waals surface area contributed by atoms with Gasteiger partial charge in [0.05, 0.1) is 16.7 Å². The van der Waals surface area contributed by atoms with Crippen molar-refractivity contribution in [2.75, 3.05) is 11.9 Å². The molecule has 0 fully saturated rings. The summed E-state index contributed by atoms with van der Waals surface area (Å²) < 4.78 is 26.8. The van der Waals surface area contributed by atoms with Gasteiger partial charge in [-0.2, -0.15) is 0 Å². The molecule has 0 aliphatic rings. The topological polar surface area (TPSA) is 12.0 Å². The fourth-order valence-electron chi connectivity index (χ4n) is 1.47. The molecule has 96 valence electrons. The smallest absolute Gasteiger partial charge is 0.147 e. The molecule has 1 N–H and O–H groups in total. The Labute approximate surface area is 118 Å². The Morgan fingerprint density at radius 3 is 2.53 bits per heavy atom. The number of halogens is 3. The van der Waals surface area contributed by atoms with Crippen molar-refractivity contribution in [3.8, 4) is 11.8 Å². The molecule has 0 unspecified atom stereocenters. The highest BCUT2D eigenvalue weighted by atomic mass is 79.9. The van der Waals surface area contributed by atoms with Crippen molar-refractivity contribution in [2.45, 2.75) is 0 Å². The molecule has 0 aliphatic carbocycles. The van der Waals surface area contributed by atoms with E-state index in [1.54, 1.807) is 0 Å². The van der Waals surface area contributed by atoms with Crippen LogP contribution in [-0.2, 0) is 0 Å². The van der Waals surface area contributed by atoms with Gasteiger partial charge in [0.15, 0.2) is 0 Å². The van der Waals surface area contributed by atoms with Crippen LogP contribution < -0.4 is 5.32 Å². The Hall–Kier alpha value is -1.86. The van der Waals surface area contributed by atoms with Gasteiger partial charge in [0.1, 0.15) is 11.6 Å². The van der Waals surface area contributed by atoms with E-state index in [1.807, 2.05) is 30.3 Å². The summed E-state index contributed by atoms with van der Waals surface area (Å²) in [6, 6.07) is 11.6. The summed E-state index contributed by atoms with van der Waals surface area (Å²) in [5.74, 6) is 4.74. The molecular formula is C15H10BrF2N. The van der Waals surface area contributed by atoms with Crippen LogP contribution in [0.2, 0.25) is 0 Å². The summed E-state index contributed by atoms with van der Waals surface area (Å²) in [7, 11) is 0. The molecule has 0 radical (unpaired) electrons. The minimum atomic E-state index is -0.519. The van der Waals surface area contributed by atoms with E-state index < -0.39 is 11.6 Å². The molecule has 1 nitrogen and oxygen atoms in total. The lowest BCUT2D eigenvalue weighted by Crippen LogP contribution is -2.02. The van der Waals surface area contributed by atoms with E-state index in [2.05, 4.69) is 33.1 Å². The monoisotopic (exact) mass is 321 g/mol. The molecule has 2 rings (SSSR count). The zero-order chi connectivity index (χ0) is 13.7. The molecule has 0 heterocycles. The van der Waals surface area contributed by atoms with Crippen molar-refractivity contribution in [2.24, 2.45) is 0 Å². The molecular weight excluding hydrogens is 312 g/mol. The van der Waals surface area contributed by atoms with Gasteiger partial charge in [-0.1, -0.05) is 30.0 Å². The highest BCUT2D eigenvalue weighted by Crippen LogP contribution is 2.22. The maximum absolute atomic E-state index is 13.5. The molecule has 2 aromatic rings. The van der Waals surface area contributed by atoms with Crippen molar-refractivity contribution in [1.82, 2.24) is 0 Å². The van der Waals surface area contributed by atoms with Gasteiger partial charge in [-0.05, 0) is 34.1 Å². The average molecular weight is 322 g/mol. The molecule has 0 aromatic heterocycles. The minimum Gasteiger partial charge on any atom is -0.372 e. The van der Waals surface area contributed by atoms with Crippen LogP contribution in [-0.4, -0.2) is 6.54 Å². The third-order valence-corrected chi connectivity index (χ3v) is 2.99. The molecule has 0 saturated heterocycles. The Morgan fingerprint density at radius 1 is 1.05 bits per heavy atom. The number of nitrogens with one attached hydrogen (secondary N) is 1. The molecule has 4 heteroatoms. The van der Waals surface area contributed by atoms with E-state index in [1.165, 1.54) is 0 Å². The van der Waals surface area contributed by atoms with Gasteiger partial charge >= 0.3 is 0 Å². The number of rotatable bonds is 2. The second kappa shape index (κ2) is 6.35. The predicted octanol–water partition coefficient (Wildman–Crippen LogP) is 4.19. The van der Waals surface area contributed by atoms with Gasteiger partial charge in [-0.3, -0.25) is 0 Å². The van der Waals surface area contributed by atoms with Crippen LogP contribution in [0, 0.1) is 23.5 Å². The normalized spacial score (nSPS) is 9.63. The largest absolute Gasteiger partial charge is 0.372 e. The van der Waals surface area contributed by atoms with Crippen LogP contribution in [0.1, 0.15) is 5.56 Å². The molecule has 0 spiro atoms. The molecule has 0 amide bonds. The maximum atomic E-state index is 13.5. The van der Waals surface area contributed by atoms with Crippen molar-refractivity contribution in [1.29, 1.82) is 0 Å². The third-order valence-electron chi connectivity index (χ3n) is 2.38. The van der Waals surface area contributed by atoms with E-state index in [0.717, 1.165) is 17.7 Å². The van der Waals surface area contributed by atoms with E-state index >= 15 is 0 Å². The third kappa shape index (κ3) is 3.80. The summed E-state index contributed by atoms with van der Waals surface area (Å²) in [5, 5.41) is 2.74. The number of hydrogen-bond donors (Lipinski definition) is 1. The Bertz CT molecular complexity index is 630. The molecule has 0 bridgehead atoms. The fraction of sp³-hybridized carbons (Fsp3) is 0.0667. The van der Waals surface area contributed by atoms with Crippen molar-refractivity contribution in [3.63, 3.8) is 0 Å². The molecule has 19 heavy (non-hydrogen) atoms. The number of benzene rings is 2. The summed E-state index contributed by atoms with van der Waals surface area (Å²) in [6.07, 6.45) is 0. The molecule has 0 aliphatic heterocycles.